The molecule has 0 fully saturated rings. The second-order valence-corrected chi connectivity index (χ2v) is 3.70. The lowest BCUT2D eigenvalue weighted by atomic mass is 10.2. The summed E-state index contributed by atoms with van der Waals surface area (Å²) in [5.74, 6) is -1.21. The molecule has 0 atom stereocenters. The molecule has 1 N–H and O–H groups in total. The zero-order valence-corrected chi connectivity index (χ0v) is 10.1. The molecule has 0 bridgehead atoms. The summed E-state index contributed by atoms with van der Waals surface area (Å²) in [6.07, 6.45) is 0. The van der Waals surface area contributed by atoms with Crippen LogP contribution in [-0.2, 0) is 0 Å². The summed E-state index contributed by atoms with van der Waals surface area (Å²) in [5.41, 5.74) is -0.488. The average Bonchev–Trinajstić information content (AvgIpc) is 2.39. The number of rotatable bonds is 4. The van der Waals surface area contributed by atoms with Crippen molar-refractivity contribution in [2.45, 2.75) is 0 Å². The van der Waals surface area contributed by atoms with E-state index in [1.165, 1.54) is 19.2 Å². The summed E-state index contributed by atoms with van der Waals surface area (Å²) < 4.78 is 23.8. The van der Waals surface area contributed by atoms with Gasteiger partial charge in [-0.15, -0.1) is 0 Å². The maximum atomic E-state index is 13.4. The Morgan fingerprint density at radius 3 is 2.32 bits per heavy atom. The van der Waals surface area contributed by atoms with Crippen molar-refractivity contribution in [1.82, 2.24) is 0 Å². The second-order valence-electron chi connectivity index (χ2n) is 3.70. The predicted octanol–water partition coefficient (Wildman–Crippen LogP) is 3.32. The quantitative estimate of drug-likeness (QED) is 0.918. The summed E-state index contributed by atoms with van der Waals surface area (Å²) in [6, 6.07) is 10.4. The highest BCUT2D eigenvalue weighted by molar-refractivity contribution is 5.91. The van der Waals surface area contributed by atoms with Gasteiger partial charge in [0.1, 0.15) is 28.6 Å². The number of methoxy groups -OCH3 is 1. The summed E-state index contributed by atoms with van der Waals surface area (Å²) in [4.78, 5) is 11.0. The molecule has 0 spiro atoms. The van der Waals surface area contributed by atoms with Gasteiger partial charge in [-0.25, -0.2) is 9.18 Å². The molecule has 98 valence electrons. The van der Waals surface area contributed by atoms with E-state index in [0.717, 1.165) is 6.07 Å². The van der Waals surface area contributed by atoms with Gasteiger partial charge >= 0.3 is 5.97 Å². The summed E-state index contributed by atoms with van der Waals surface area (Å²) >= 11 is 0. The van der Waals surface area contributed by atoms with Gasteiger partial charge in [-0.3, -0.25) is 0 Å². The second kappa shape index (κ2) is 5.39. The smallest absolute Gasteiger partial charge is 0.342 e. The van der Waals surface area contributed by atoms with Gasteiger partial charge in [0.15, 0.2) is 0 Å². The highest BCUT2D eigenvalue weighted by Gasteiger charge is 2.17. The van der Waals surface area contributed by atoms with Crippen LogP contribution < -0.4 is 9.47 Å². The van der Waals surface area contributed by atoms with Gasteiger partial charge in [-0.05, 0) is 36.4 Å². The van der Waals surface area contributed by atoms with Crippen LogP contribution in [0.25, 0.3) is 0 Å². The minimum Gasteiger partial charge on any atom is -0.497 e. The van der Waals surface area contributed by atoms with Crippen molar-refractivity contribution in [3.63, 3.8) is 0 Å². The first-order valence-corrected chi connectivity index (χ1v) is 5.45. The van der Waals surface area contributed by atoms with Gasteiger partial charge in [0.05, 0.1) is 7.11 Å². The number of ether oxygens (including phenoxy) is 2. The lowest BCUT2D eigenvalue weighted by Gasteiger charge is -2.09. The largest absolute Gasteiger partial charge is 0.497 e. The van der Waals surface area contributed by atoms with Gasteiger partial charge in [-0.2, -0.15) is 0 Å². The van der Waals surface area contributed by atoms with E-state index in [0.29, 0.717) is 11.5 Å². The molecule has 0 amide bonds. The highest BCUT2D eigenvalue weighted by atomic mass is 19.1. The van der Waals surface area contributed by atoms with E-state index in [1.807, 2.05) is 0 Å². The van der Waals surface area contributed by atoms with E-state index >= 15 is 0 Å². The predicted molar refractivity (Wildman–Crippen MR) is 66.4 cm³/mol. The van der Waals surface area contributed by atoms with Gasteiger partial charge in [-0.1, -0.05) is 6.07 Å². The van der Waals surface area contributed by atoms with Crippen molar-refractivity contribution in [2.24, 2.45) is 0 Å². The van der Waals surface area contributed by atoms with Gasteiger partial charge in [0.2, 0.25) is 0 Å². The topological polar surface area (TPSA) is 55.8 Å². The minimum atomic E-state index is -1.37. The van der Waals surface area contributed by atoms with Gasteiger partial charge < -0.3 is 14.6 Å². The molecular formula is C14H11FO4. The first-order valence-electron chi connectivity index (χ1n) is 5.45. The molecule has 0 radical (unpaired) electrons. The molecule has 2 aromatic rings. The minimum absolute atomic E-state index is 0.0438. The monoisotopic (exact) mass is 262 g/mol. The summed E-state index contributed by atoms with van der Waals surface area (Å²) in [6.45, 7) is 0. The van der Waals surface area contributed by atoms with E-state index < -0.39 is 17.3 Å². The maximum absolute atomic E-state index is 13.4. The number of aromatic carboxylic acids is 1. The fraction of sp³-hybridized carbons (Fsp3) is 0.0714. The molecule has 5 heteroatoms. The van der Waals surface area contributed by atoms with E-state index in [2.05, 4.69) is 0 Å². The number of hydrogen-bond acceptors (Lipinski definition) is 3. The number of hydrogen-bond donors (Lipinski definition) is 1. The number of carboxylic acids is 1. The molecule has 19 heavy (non-hydrogen) atoms. The fourth-order valence-electron chi connectivity index (χ4n) is 1.57. The fourth-order valence-corrected chi connectivity index (χ4v) is 1.57. The third-order valence-electron chi connectivity index (χ3n) is 2.48. The molecule has 2 rings (SSSR count). The van der Waals surface area contributed by atoms with Crippen LogP contribution in [0.4, 0.5) is 4.39 Å². The van der Waals surface area contributed by atoms with Crippen LogP contribution in [0.15, 0.2) is 42.5 Å². The zero-order chi connectivity index (χ0) is 13.8. The SMILES string of the molecule is COc1ccc(Oc2cccc(F)c2C(=O)O)cc1. The lowest BCUT2D eigenvalue weighted by Crippen LogP contribution is -2.03. The third kappa shape index (κ3) is 2.82. The highest BCUT2D eigenvalue weighted by Crippen LogP contribution is 2.28. The van der Waals surface area contributed by atoms with Crippen molar-refractivity contribution < 1.29 is 23.8 Å². The van der Waals surface area contributed by atoms with E-state index in [1.54, 1.807) is 24.3 Å². The van der Waals surface area contributed by atoms with Gasteiger partial charge in [0, 0.05) is 0 Å². The van der Waals surface area contributed by atoms with Crippen LogP contribution in [0.1, 0.15) is 10.4 Å². The number of carbonyl (C=O) groups is 1. The number of carboxylic acid groups (broad SMARTS) is 1. The normalized spacial score (nSPS) is 10.0. The summed E-state index contributed by atoms with van der Waals surface area (Å²) in [7, 11) is 1.53. The van der Waals surface area contributed by atoms with E-state index in [4.69, 9.17) is 14.6 Å². The maximum Gasteiger partial charge on any atom is 0.342 e. The molecule has 0 saturated carbocycles. The Kier molecular flexibility index (Phi) is 3.66. The molecule has 0 aliphatic rings. The Morgan fingerprint density at radius 2 is 1.74 bits per heavy atom. The van der Waals surface area contributed by atoms with Crippen molar-refractivity contribution in [3.05, 3.63) is 53.8 Å². The average molecular weight is 262 g/mol. The van der Waals surface area contributed by atoms with Crippen LogP contribution in [0, 0.1) is 5.82 Å². The van der Waals surface area contributed by atoms with Crippen molar-refractivity contribution in [2.75, 3.05) is 7.11 Å². The van der Waals surface area contributed by atoms with Crippen molar-refractivity contribution >= 4 is 5.97 Å². The first kappa shape index (κ1) is 12.9. The lowest BCUT2D eigenvalue weighted by molar-refractivity contribution is 0.0689. The Morgan fingerprint density at radius 1 is 1.11 bits per heavy atom. The molecule has 0 aliphatic carbocycles. The van der Waals surface area contributed by atoms with Crippen LogP contribution in [0.5, 0.6) is 17.2 Å². The Labute approximate surface area is 109 Å². The van der Waals surface area contributed by atoms with Crippen LogP contribution in [0.3, 0.4) is 0 Å². The molecule has 0 aromatic heterocycles. The molecule has 4 nitrogen and oxygen atoms in total. The zero-order valence-electron chi connectivity index (χ0n) is 10.1. The molecule has 0 aliphatic heterocycles. The van der Waals surface area contributed by atoms with E-state index in [9.17, 15) is 9.18 Å². The van der Waals surface area contributed by atoms with Crippen LogP contribution in [-0.4, -0.2) is 18.2 Å². The third-order valence-corrected chi connectivity index (χ3v) is 2.48. The summed E-state index contributed by atoms with van der Waals surface area (Å²) in [5, 5.41) is 8.97. The Balaban J connectivity index is 2.32. The van der Waals surface area contributed by atoms with Crippen LogP contribution >= 0.6 is 0 Å². The van der Waals surface area contributed by atoms with Crippen molar-refractivity contribution in [1.29, 1.82) is 0 Å². The first-order chi connectivity index (χ1) is 9.11. The Bertz CT molecular complexity index is 593. The molecule has 0 saturated heterocycles. The van der Waals surface area contributed by atoms with Crippen LogP contribution in [0.2, 0.25) is 0 Å². The number of halogens is 1. The van der Waals surface area contributed by atoms with Gasteiger partial charge in [0.25, 0.3) is 0 Å². The van der Waals surface area contributed by atoms with E-state index in [-0.39, 0.29) is 5.75 Å². The number of benzene rings is 2. The van der Waals surface area contributed by atoms with Crippen molar-refractivity contribution in [3.8, 4) is 17.2 Å². The molecule has 0 heterocycles. The molecule has 2 aromatic carbocycles. The molecule has 0 unspecified atom stereocenters. The standard InChI is InChI=1S/C14H11FO4/c1-18-9-5-7-10(8-6-9)19-12-4-2-3-11(15)13(12)14(16)17/h2-8H,1H3,(H,16,17). The molecular weight excluding hydrogens is 251 g/mol. The Hall–Kier alpha value is -2.56.